The number of benzene rings is 2. The molecule has 0 bridgehead atoms. The van der Waals surface area contributed by atoms with E-state index in [1.165, 1.54) is 23.5 Å². The van der Waals surface area contributed by atoms with E-state index < -0.39 is 20.7 Å². The number of rotatable bonds is 6. The number of hydrogen-bond acceptors (Lipinski definition) is 5. The molecular weight excluding hydrogens is 518 g/mol. The maximum absolute atomic E-state index is 14.9. The van der Waals surface area contributed by atoms with E-state index in [0.717, 1.165) is 41.9 Å². The quantitative estimate of drug-likeness (QED) is 0.398. The van der Waals surface area contributed by atoms with Gasteiger partial charge in [-0.1, -0.05) is 17.7 Å². The van der Waals surface area contributed by atoms with Gasteiger partial charge in [-0.2, -0.15) is 0 Å². The molecule has 0 radical (unpaired) electrons. The molecule has 0 saturated heterocycles. The van der Waals surface area contributed by atoms with Crippen LogP contribution in [0.1, 0.15) is 25.0 Å². The van der Waals surface area contributed by atoms with Crippen molar-refractivity contribution >= 4 is 51.1 Å². The molecule has 5 nitrogen and oxygen atoms in total. The highest BCUT2D eigenvalue weighted by Crippen LogP contribution is 2.35. The first-order chi connectivity index (χ1) is 15.6. The lowest BCUT2D eigenvalue weighted by Crippen LogP contribution is -2.20. The maximum Gasteiger partial charge on any atom is 0.264 e. The number of nitrogens with zero attached hydrogens (tertiary/aromatic N) is 1. The molecule has 1 aliphatic heterocycles. The van der Waals surface area contributed by atoms with Crippen LogP contribution < -0.4 is 9.46 Å². The molecule has 1 aromatic heterocycles. The highest BCUT2D eigenvalue weighted by molar-refractivity contribution is 7.92. The first kappa shape index (κ1) is 26.8. The van der Waals surface area contributed by atoms with Gasteiger partial charge in [0.25, 0.3) is 10.0 Å². The van der Waals surface area contributed by atoms with Crippen molar-refractivity contribution in [3.63, 3.8) is 0 Å². The van der Waals surface area contributed by atoms with Crippen LogP contribution in [0.25, 0.3) is 10.4 Å². The van der Waals surface area contributed by atoms with Gasteiger partial charge in [0, 0.05) is 18.0 Å². The lowest BCUT2D eigenvalue weighted by atomic mass is 10.0. The molecule has 0 unspecified atom stereocenters. The third-order valence-electron chi connectivity index (χ3n) is 5.51. The zero-order valence-electron chi connectivity index (χ0n) is 19.1. The zero-order chi connectivity index (χ0) is 23.8. The van der Waals surface area contributed by atoms with Crippen molar-refractivity contribution < 1.29 is 17.5 Å². The predicted octanol–water partition coefficient (Wildman–Crippen LogP) is 6.25. The van der Waals surface area contributed by atoms with Crippen LogP contribution >= 0.6 is 35.3 Å². The van der Waals surface area contributed by atoms with Gasteiger partial charge in [-0.05, 0) is 86.8 Å². The molecular formula is C24H27Cl2FN2O3S2. The molecule has 1 aliphatic rings. The number of nitrogens with one attached hydrogen (secondary N) is 1. The standard InChI is InChI=1S/C24H26ClFN2O3S2.ClH/c1-15(2)31-21-14-17-9-11-28(3)10-8-16(17)13-20(21)27-33(29,30)23-6-4-18(12-19(23)26)22-5-7-24(25)32-22;/h4-7,12-15,27H,8-11H2,1-3H3;1H. The van der Waals surface area contributed by atoms with E-state index in [4.69, 9.17) is 16.3 Å². The summed E-state index contributed by atoms with van der Waals surface area (Å²) < 4.78 is 50.3. The van der Waals surface area contributed by atoms with E-state index in [0.29, 0.717) is 21.3 Å². The minimum absolute atomic E-state index is 0. The molecule has 34 heavy (non-hydrogen) atoms. The summed E-state index contributed by atoms with van der Waals surface area (Å²) in [5, 5.41) is 0. The number of fused-ring (bicyclic) bond motifs is 1. The average Bonchev–Trinajstić information content (AvgIpc) is 3.09. The van der Waals surface area contributed by atoms with E-state index in [-0.39, 0.29) is 18.5 Å². The second-order valence-electron chi connectivity index (χ2n) is 8.44. The van der Waals surface area contributed by atoms with Gasteiger partial charge in [-0.25, -0.2) is 12.8 Å². The molecule has 0 aliphatic carbocycles. The molecule has 0 atom stereocenters. The number of sulfonamides is 1. The Hall–Kier alpha value is -1.84. The van der Waals surface area contributed by atoms with Crippen LogP contribution in [0.15, 0.2) is 47.4 Å². The smallest absolute Gasteiger partial charge is 0.264 e. The van der Waals surface area contributed by atoms with Crippen LogP contribution in [0.4, 0.5) is 10.1 Å². The number of thiophene rings is 1. The highest BCUT2D eigenvalue weighted by Gasteiger charge is 2.24. The molecule has 3 aromatic rings. The van der Waals surface area contributed by atoms with Crippen LogP contribution in [0, 0.1) is 5.82 Å². The second-order valence-corrected chi connectivity index (χ2v) is 11.8. The minimum Gasteiger partial charge on any atom is -0.489 e. The van der Waals surface area contributed by atoms with Crippen molar-refractivity contribution in [1.82, 2.24) is 4.90 Å². The normalized spacial score (nSPS) is 14.3. The fraction of sp³-hybridized carbons (Fsp3) is 0.333. The summed E-state index contributed by atoms with van der Waals surface area (Å²) in [5.41, 5.74) is 3.10. The van der Waals surface area contributed by atoms with Gasteiger partial charge in [0.1, 0.15) is 16.5 Å². The van der Waals surface area contributed by atoms with Crippen molar-refractivity contribution in [1.29, 1.82) is 0 Å². The van der Waals surface area contributed by atoms with Crippen molar-refractivity contribution in [2.75, 3.05) is 24.9 Å². The van der Waals surface area contributed by atoms with Gasteiger partial charge in [0.15, 0.2) is 0 Å². The lowest BCUT2D eigenvalue weighted by Gasteiger charge is -2.19. The summed E-state index contributed by atoms with van der Waals surface area (Å²) in [4.78, 5) is 2.59. The fourth-order valence-electron chi connectivity index (χ4n) is 3.84. The van der Waals surface area contributed by atoms with E-state index in [9.17, 15) is 12.8 Å². The largest absolute Gasteiger partial charge is 0.489 e. The number of anilines is 1. The molecule has 2 aromatic carbocycles. The first-order valence-electron chi connectivity index (χ1n) is 10.7. The predicted molar refractivity (Wildman–Crippen MR) is 140 cm³/mol. The van der Waals surface area contributed by atoms with E-state index in [2.05, 4.69) is 16.7 Å². The molecule has 0 saturated carbocycles. The van der Waals surface area contributed by atoms with E-state index >= 15 is 0 Å². The molecule has 10 heteroatoms. The van der Waals surface area contributed by atoms with E-state index in [1.807, 2.05) is 26.0 Å². The van der Waals surface area contributed by atoms with Gasteiger partial charge in [0.05, 0.1) is 16.1 Å². The van der Waals surface area contributed by atoms with Crippen LogP contribution in [-0.4, -0.2) is 39.6 Å². The third-order valence-corrected chi connectivity index (χ3v) is 8.19. The molecule has 0 amide bonds. The topological polar surface area (TPSA) is 58.6 Å². The van der Waals surface area contributed by atoms with Crippen molar-refractivity contribution in [2.24, 2.45) is 0 Å². The van der Waals surface area contributed by atoms with Crippen LogP contribution in [-0.2, 0) is 22.9 Å². The minimum atomic E-state index is -4.18. The Morgan fingerprint density at radius 1 is 1.09 bits per heavy atom. The fourth-order valence-corrected chi connectivity index (χ4v) is 6.00. The Morgan fingerprint density at radius 3 is 2.35 bits per heavy atom. The van der Waals surface area contributed by atoms with Gasteiger partial charge in [-0.3, -0.25) is 4.72 Å². The van der Waals surface area contributed by atoms with Crippen molar-refractivity contribution in [3.8, 4) is 16.2 Å². The number of likely N-dealkylation sites (N-methyl/N-ethyl adjacent to an activating group) is 1. The molecule has 0 fully saturated rings. The van der Waals surface area contributed by atoms with Crippen molar-refractivity contribution in [3.05, 3.63) is 63.7 Å². The average molecular weight is 546 g/mol. The Morgan fingerprint density at radius 2 is 1.76 bits per heavy atom. The third kappa shape index (κ3) is 6.04. The van der Waals surface area contributed by atoms with Crippen LogP contribution in [0.3, 0.4) is 0 Å². The Labute approximate surface area is 215 Å². The number of hydrogen-bond donors (Lipinski definition) is 1. The van der Waals surface area contributed by atoms with Gasteiger partial charge in [0.2, 0.25) is 0 Å². The Balaban J connectivity index is 0.00000324. The SMILES string of the molecule is CC(C)Oc1cc2c(cc1NS(=O)(=O)c1ccc(-c3ccc(Cl)s3)cc1F)CCN(C)CC2.Cl. The number of halogens is 3. The number of ether oxygens (including phenoxy) is 1. The van der Waals surface area contributed by atoms with Gasteiger partial charge < -0.3 is 9.64 Å². The van der Waals surface area contributed by atoms with E-state index in [1.54, 1.807) is 18.2 Å². The summed E-state index contributed by atoms with van der Waals surface area (Å²) >= 11 is 7.27. The molecule has 184 valence electrons. The summed E-state index contributed by atoms with van der Waals surface area (Å²) in [6, 6.07) is 11.3. The Bertz CT molecular complexity index is 1280. The highest BCUT2D eigenvalue weighted by atomic mass is 35.5. The van der Waals surface area contributed by atoms with Crippen LogP contribution in [0.2, 0.25) is 4.34 Å². The maximum atomic E-state index is 14.9. The summed E-state index contributed by atoms with van der Waals surface area (Å²) in [5.74, 6) is -0.380. The second kappa shape index (κ2) is 10.8. The molecule has 1 N–H and O–H groups in total. The summed E-state index contributed by atoms with van der Waals surface area (Å²) in [7, 11) is -2.11. The molecule has 0 spiro atoms. The van der Waals surface area contributed by atoms with Crippen LogP contribution in [0.5, 0.6) is 5.75 Å². The van der Waals surface area contributed by atoms with Gasteiger partial charge in [-0.15, -0.1) is 23.7 Å². The van der Waals surface area contributed by atoms with Gasteiger partial charge >= 0.3 is 0 Å². The lowest BCUT2D eigenvalue weighted by molar-refractivity contribution is 0.243. The zero-order valence-corrected chi connectivity index (χ0v) is 22.3. The Kier molecular flexibility index (Phi) is 8.52. The monoisotopic (exact) mass is 544 g/mol. The first-order valence-corrected chi connectivity index (χ1v) is 13.4. The van der Waals surface area contributed by atoms with Crippen molar-refractivity contribution in [2.45, 2.75) is 37.7 Å². The molecule has 2 heterocycles. The summed E-state index contributed by atoms with van der Waals surface area (Å²) in [6.45, 7) is 5.57. The molecule has 4 rings (SSSR count). The summed E-state index contributed by atoms with van der Waals surface area (Å²) in [6.07, 6.45) is 1.51.